The third kappa shape index (κ3) is 4.63. The summed E-state index contributed by atoms with van der Waals surface area (Å²) >= 11 is 18.3. The van der Waals surface area contributed by atoms with Gasteiger partial charge >= 0.3 is 0 Å². The van der Waals surface area contributed by atoms with Crippen molar-refractivity contribution in [2.24, 2.45) is 0 Å². The zero-order valence-corrected chi connectivity index (χ0v) is 19.5. The van der Waals surface area contributed by atoms with Gasteiger partial charge < -0.3 is 14.5 Å². The highest BCUT2D eigenvalue weighted by Gasteiger charge is 2.30. The Balaban J connectivity index is 1.70. The Bertz CT molecular complexity index is 1190. The van der Waals surface area contributed by atoms with Crippen molar-refractivity contribution in [3.63, 3.8) is 0 Å². The second-order valence-corrected chi connectivity index (χ2v) is 8.76. The van der Waals surface area contributed by atoms with Crippen LogP contribution in [0.5, 0.6) is 11.5 Å². The Hall–Kier alpha value is -2.54. The predicted octanol–water partition coefficient (Wildman–Crippen LogP) is 6.85. The number of carbonyl (C=O) groups is 1. The van der Waals surface area contributed by atoms with Crippen LogP contribution in [-0.2, 0) is 0 Å². The van der Waals surface area contributed by atoms with Gasteiger partial charge in [0, 0.05) is 49.7 Å². The molecule has 9 heteroatoms. The monoisotopic (exact) mass is 493 g/mol. The van der Waals surface area contributed by atoms with Crippen LogP contribution >= 0.6 is 34.8 Å². The number of anilines is 2. The highest BCUT2D eigenvalue weighted by atomic mass is 35.5. The molecule has 1 amide bonds. The van der Waals surface area contributed by atoms with Crippen molar-refractivity contribution in [1.29, 1.82) is 0 Å². The van der Waals surface area contributed by atoms with Crippen LogP contribution in [0.1, 0.15) is 23.2 Å². The van der Waals surface area contributed by atoms with E-state index >= 15 is 0 Å². The van der Waals surface area contributed by atoms with Gasteiger partial charge in [0.25, 0.3) is 5.91 Å². The van der Waals surface area contributed by atoms with Crippen LogP contribution in [-0.4, -0.2) is 31.0 Å². The minimum absolute atomic E-state index is 0.00176. The van der Waals surface area contributed by atoms with Gasteiger partial charge in [0.15, 0.2) is 0 Å². The van der Waals surface area contributed by atoms with Gasteiger partial charge in [-0.15, -0.1) is 0 Å². The van der Waals surface area contributed by atoms with E-state index in [0.29, 0.717) is 33.2 Å². The number of amides is 1. The number of pyridine rings is 1. The molecule has 1 heterocycles. The maximum Gasteiger partial charge on any atom is 0.263 e. The molecule has 0 N–H and O–H groups in total. The first kappa shape index (κ1) is 22.6. The SMILES string of the molecule is CN(C(=O)c1cnccc1Oc1cc(Cl)ccc1Cl)c1cc(F)c(Cl)cc1N(C)C1CC1. The highest BCUT2D eigenvalue weighted by molar-refractivity contribution is 6.34. The summed E-state index contributed by atoms with van der Waals surface area (Å²) < 4.78 is 20.2. The largest absolute Gasteiger partial charge is 0.455 e. The van der Waals surface area contributed by atoms with E-state index in [-0.39, 0.29) is 16.3 Å². The van der Waals surface area contributed by atoms with Gasteiger partial charge in [0.05, 0.1) is 21.4 Å². The summed E-state index contributed by atoms with van der Waals surface area (Å²) in [4.78, 5) is 20.9. The molecule has 4 rings (SSSR count). The van der Waals surface area contributed by atoms with Crippen LogP contribution in [0.25, 0.3) is 0 Å². The number of benzene rings is 2. The fraction of sp³-hybridized carbons (Fsp3) is 0.217. The molecule has 0 unspecified atom stereocenters. The van der Waals surface area contributed by atoms with Crippen LogP contribution in [0.3, 0.4) is 0 Å². The summed E-state index contributed by atoms with van der Waals surface area (Å²) in [6.07, 6.45) is 4.95. The molecular formula is C23H19Cl3FN3O2. The quantitative estimate of drug-likeness (QED) is 0.376. The molecule has 0 spiro atoms. The molecule has 1 saturated carbocycles. The van der Waals surface area contributed by atoms with Crippen molar-refractivity contribution in [3.05, 3.63) is 75.2 Å². The molecule has 0 saturated heterocycles. The number of nitrogens with zero attached hydrogens (tertiary/aromatic N) is 3. The Morgan fingerprint density at radius 1 is 1.03 bits per heavy atom. The Kier molecular flexibility index (Phi) is 6.47. The highest BCUT2D eigenvalue weighted by Crippen LogP contribution is 2.40. The van der Waals surface area contributed by atoms with Crippen molar-refractivity contribution in [3.8, 4) is 11.5 Å². The third-order valence-corrected chi connectivity index (χ3v) is 6.12. The lowest BCUT2D eigenvalue weighted by atomic mass is 10.1. The van der Waals surface area contributed by atoms with Crippen LogP contribution in [0, 0.1) is 5.82 Å². The molecule has 0 bridgehead atoms. The second kappa shape index (κ2) is 9.14. The van der Waals surface area contributed by atoms with E-state index in [1.807, 2.05) is 11.9 Å². The number of carbonyl (C=O) groups excluding carboxylic acids is 1. The number of hydrogen-bond acceptors (Lipinski definition) is 4. The van der Waals surface area contributed by atoms with E-state index < -0.39 is 11.7 Å². The van der Waals surface area contributed by atoms with Crippen molar-refractivity contribution in [2.75, 3.05) is 23.9 Å². The molecule has 1 fully saturated rings. The van der Waals surface area contributed by atoms with Crippen molar-refractivity contribution >= 4 is 52.1 Å². The molecule has 0 atom stereocenters. The van der Waals surface area contributed by atoms with E-state index in [0.717, 1.165) is 12.8 Å². The fourth-order valence-corrected chi connectivity index (χ4v) is 3.81. The molecule has 0 aliphatic heterocycles. The van der Waals surface area contributed by atoms with Crippen LogP contribution in [0.2, 0.25) is 15.1 Å². The zero-order chi connectivity index (χ0) is 23.0. The average Bonchev–Trinajstić information content (AvgIpc) is 3.62. The van der Waals surface area contributed by atoms with Crippen molar-refractivity contribution in [2.45, 2.75) is 18.9 Å². The Labute approximate surface area is 200 Å². The third-order valence-electron chi connectivity index (χ3n) is 5.28. The number of aromatic nitrogens is 1. The average molecular weight is 495 g/mol. The van der Waals surface area contributed by atoms with Gasteiger partial charge in [-0.25, -0.2) is 4.39 Å². The Morgan fingerprint density at radius 3 is 2.50 bits per heavy atom. The first-order valence-corrected chi connectivity index (χ1v) is 11.0. The molecule has 1 aliphatic rings. The maximum absolute atomic E-state index is 14.4. The number of ether oxygens (including phenoxy) is 1. The van der Waals surface area contributed by atoms with Crippen LogP contribution in [0.15, 0.2) is 48.8 Å². The van der Waals surface area contributed by atoms with Gasteiger partial charge in [0.1, 0.15) is 22.9 Å². The number of rotatable bonds is 6. The fourth-order valence-electron chi connectivity index (χ4n) is 3.33. The zero-order valence-electron chi connectivity index (χ0n) is 17.3. The summed E-state index contributed by atoms with van der Waals surface area (Å²) in [6, 6.07) is 9.49. The summed E-state index contributed by atoms with van der Waals surface area (Å²) in [5.74, 6) is -0.498. The van der Waals surface area contributed by atoms with E-state index in [1.165, 1.54) is 23.4 Å². The lowest BCUT2D eigenvalue weighted by Crippen LogP contribution is -2.30. The first-order chi connectivity index (χ1) is 15.3. The van der Waals surface area contributed by atoms with Gasteiger partial charge in [-0.1, -0.05) is 34.8 Å². The lowest BCUT2D eigenvalue weighted by molar-refractivity contribution is 0.0990. The summed E-state index contributed by atoms with van der Waals surface area (Å²) in [5, 5.41) is 0.775. The molecule has 0 radical (unpaired) electrons. The second-order valence-electron chi connectivity index (χ2n) is 7.51. The van der Waals surface area contributed by atoms with E-state index in [4.69, 9.17) is 39.5 Å². The van der Waals surface area contributed by atoms with E-state index in [1.54, 1.807) is 37.4 Å². The molecule has 32 heavy (non-hydrogen) atoms. The Morgan fingerprint density at radius 2 is 1.78 bits per heavy atom. The number of halogens is 4. The molecule has 166 valence electrons. The predicted molar refractivity (Wildman–Crippen MR) is 126 cm³/mol. The topological polar surface area (TPSA) is 45.7 Å². The minimum atomic E-state index is -0.609. The van der Waals surface area contributed by atoms with Crippen LogP contribution < -0.4 is 14.5 Å². The van der Waals surface area contributed by atoms with E-state index in [2.05, 4.69) is 4.98 Å². The minimum Gasteiger partial charge on any atom is -0.455 e. The van der Waals surface area contributed by atoms with E-state index in [9.17, 15) is 9.18 Å². The molecular weight excluding hydrogens is 476 g/mol. The maximum atomic E-state index is 14.4. The van der Waals surface area contributed by atoms with Gasteiger partial charge in [-0.2, -0.15) is 0 Å². The normalized spacial score (nSPS) is 13.1. The smallest absolute Gasteiger partial charge is 0.263 e. The summed E-state index contributed by atoms with van der Waals surface area (Å²) in [7, 11) is 3.47. The van der Waals surface area contributed by atoms with Gasteiger partial charge in [-0.3, -0.25) is 9.78 Å². The molecule has 1 aromatic heterocycles. The summed E-state index contributed by atoms with van der Waals surface area (Å²) in [5.41, 5.74) is 1.24. The molecule has 5 nitrogen and oxygen atoms in total. The lowest BCUT2D eigenvalue weighted by Gasteiger charge is -2.27. The van der Waals surface area contributed by atoms with Gasteiger partial charge in [-0.05, 0) is 37.1 Å². The summed E-state index contributed by atoms with van der Waals surface area (Å²) in [6.45, 7) is 0. The standard InChI is InChI=1S/C23H19Cl3FN3O2/c1-29(14-4-5-14)19-10-17(26)18(27)11-20(19)30(2)23(31)15-12-28-8-7-21(15)32-22-9-13(24)3-6-16(22)25/h3,6-12,14H,4-5H2,1-2H3. The molecule has 3 aromatic rings. The van der Waals surface area contributed by atoms with Crippen molar-refractivity contribution in [1.82, 2.24) is 4.98 Å². The number of hydrogen-bond donors (Lipinski definition) is 0. The molecule has 1 aliphatic carbocycles. The van der Waals surface area contributed by atoms with Crippen LogP contribution in [0.4, 0.5) is 15.8 Å². The van der Waals surface area contributed by atoms with Gasteiger partial charge in [0.2, 0.25) is 0 Å². The van der Waals surface area contributed by atoms with Crippen molar-refractivity contribution < 1.29 is 13.9 Å². The molecule has 2 aromatic carbocycles. The first-order valence-electron chi connectivity index (χ1n) is 9.83.